The third-order valence-electron chi connectivity index (χ3n) is 2.99. The Morgan fingerprint density at radius 1 is 0.667 bits per heavy atom. The number of hydrogen-bond acceptors (Lipinski definition) is 8. The predicted octanol–water partition coefficient (Wildman–Crippen LogP) is 4.60. The Morgan fingerprint density at radius 3 is 1.70 bits per heavy atom. The third-order valence-corrected chi connectivity index (χ3v) is 4.29. The molecule has 0 radical (unpaired) electrons. The zero-order chi connectivity index (χ0) is 19.6. The lowest BCUT2D eigenvalue weighted by molar-refractivity contribution is 1.18. The van der Waals surface area contributed by atoms with Gasteiger partial charge in [0.2, 0.25) is 0 Å². The fraction of sp³-hybridized carbons (Fsp3) is 0. The van der Waals surface area contributed by atoms with Gasteiger partial charge >= 0.3 is 0 Å². The van der Waals surface area contributed by atoms with E-state index in [0.29, 0.717) is 32.4 Å². The van der Waals surface area contributed by atoms with Crippen LogP contribution in [0.1, 0.15) is 0 Å². The molecule has 0 bridgehead atoms. The molecule has 4 heterocycles. The van der Waals surface area contributed by atoms with Crippen LogP contribution in [0.15, 0.2) is 24.5 Å². The number of halogens is 5. The van der Waals surface area contributed by atoms with Gasteiger partial charge in [-0.25, -0.2) is 35.7 Å². The summed E-state index contributed by atoms with van der Waals surface area (Å²) in [4.78, 5) is 23.8. The van der Waals surface area contributed by atoms with E-state index in [-0.39, 0.29) is 21.3 Å². The smallest absolute Gasteiger partial charge is 0.180 e. The molecule has 13 heteroatoms. The summed E-state index contributed by atoms with van der Waals surface area (Å²) >= 11 is 28.5. The lowest BCUT2D eigenvalue weighted by atomic mass is 10.4. The summed E-state index contributed by atoms with van der Waals surface area (Å²) in [5, 5.41) is 1.45. The minimum Gasteiger partial charge on any atom is -0.306 e. The summed E-state index contributed by atoms with van der Waals surface area (Å²) in [6.45, 7) is 0. The van der Waals surface area contributed by atoms with Gasteiger partial charge in [-0.1, -0.05) is 58.0 Å². The van der Waals surface area contributed by atoms with Crippen LogP contribution in [0.25, 0.3) is 22.3 Å². The molecule has 4 aromatic heterocycles. The molecule has 27 heavy (non-hydrogen) atoms. The number of anilines is 1. The molecule has 0 aromatic carbocycles. The topological polar surface area (TPSA) is 115 Å². The average Bonchev–Trinajstić information content (AvgIpc) is 2.63. The minimum absolute atomic E-state index is 0.143. The van der Waals surface area contributed by atoms with Crippen molar-refractivity contribution in [3.63, 3.8) is 0 Å². The summed E-state index contributed by atoms with van der Waals surface area (Å²) in [5.41, 5.74) is 4.25. The first-order valence-corrected chi connectivity index (χ1v) is 8.86. The molecule has 0 spiro atoms. The lowest BCUT2D eigenvalue weighted by Crippen LogP contribution is -2.10. The molecule has 0 amide bonds. The van der Waals surface area contributed by atoms with Crippen molar-refractivity contribution in [3.05, 3.63) is 50.0 Å². The van der Waals surface area contributed by atoms with Crippen molar-refractivity contribution < 1.29 is 0 Å². The van der Waals surface area contributed by atoms with Crippen LogP contribution in [0.2, 0.25) is 25.5 Å². The highest BCUT2D eigenvalue weighted by atomic mass is 35.5. The van der Waals surface area contributed by atoms with Crippen molar-refractivity contribution in [2.24, 2.45) is 5.84 Å². The second-order valence-electron chi connectivity index (χ2n) is 4.81. The van der Waals surface area contributed by atoms with Crippen LogP contribution in [0.5, 0.6) is 0 Å². The molecule has 0 saturated carbocycles. The van der Waals surface area contributed by atoms with Crippen molar-refractivity contribution in [3.8, 4) is 0 Å². The number of nitrogens with one attached hydrogen (secondary N) is 1. The first-order chi connectivity index (χ1) is 12.9. The largest absolute Gasteiger partial charge is 0.306 e. The van der Waals surface area contributed by atoms with E-state index in [1.807, 2.05) is 0 Å². The van der Waals surface area contributed by atoms with Crippen LogP contribution in [0.3, 0.4) is 0 Å². The van der Waals surface area contributed by atoms with Crippen LogP contribution in [-0.2, 0) is 0 Å². The molecule has 0 aliphatic heterocycles. The van der Waals surface area contributed by atoms with E-state index in [4.69, 9.17) is 63.8 Å². The summed E-state index contributed by atoms with van der Waals surface area (Å²) in [6.07, 6.45) is 2.95. The van der Waals surface area contributed by atoms with Crippen LogP contribution < -0.4 is 11.3 Å². The van der Waals surface area contributed by atoms with E-state index >= 15 is 0 Å². The van der Waals surface area contributed by atoms with Crippen molar-refractivity contribution in [1.82, 2.24) is 29.9 Å². The maximum absolute atomic E-state index is 5.77. The van der Waals surface area contributed by atoms with E-state index in [2.05, 4.69) is 35.3 Å². The third kappa shape index (κ3) is 4.73. The van der Waals surface area contributed by atoms with Crippen molar-refractivity contribution in [2.75, 3.05) is 5.43 Å². The molecule has 0 fully saturated rings. The van der Waals surface area contributed by atoms with Gasteiger partial charge in [-0.05, 0) is 12.1 Å². The first kappa shape index (κ1) is 19.9. The van der Waals surface area contributed by atoms with E-state index in [0.717, 1.165) is 0 Å². The van der Waals surface area contributed by atoms with Crippen LogP contribution >= 0.6 is 58.0 Å². The Kier molecular flexibility index (Phi) is 6.25. The lowest BCUT2D eigenvalue weighted by Gasteiger charge is -2.02. The number of pyridine rings is 2. The number of hydrazine groups is 1. The number of hydrogen-bond donors (Lipinski definition) is 2. The molecule has 0 aliphatic rings. The number of fused-ring (bicyclic) bond motifs is 2. The highest BCUT2D eigenvalue weighted by molar-refractivity contribution is 6.40. The van der Waals surface area contributed by atoms with Gasteiger partial charge in [0.15, 0.2) is 32.6 Å². The highest BCUT2D eigenvalue weighted by Gasteiger charge is 2.07. The van der Waals surface area contributed by atoms with E-state index in [1.54, 1.807) is 12.1 Å². The van der Waals surface area contributed by atoms with Gasteiger partial charge in [0.25, 0.3) is 0 Å². The molecule has 4 rings (SSSR count). The Labute approximate surface area is 177 Å². The molecule has 0 atom stereocenters. The molecule has 3 N–H and O–H groups in total. The van der Waals surface area contributed by atoms with Gasteiger partial charge in [0, 0.05) is 12.4 Å². The van der Waals surface area contributed by atoms with Crippen LogP contribution in [-0.4, -0.2) is 29.9 Å². The molecule has 0 unspecified atom stereocenters. The Bertz CT molecular complexity index is 1140. The highest BCUT2D eigenvalue weighted by Crippen LogP contribution is 2.22. The monoisotopic (exact) mass is 462 g/mol. The summed E-state index contributed by atoms with van der Waals surface area (Å²) in [5.74, 6) is 5.47. The Balaban J connectivity index is 0.000000156. The Morgan fingerprint density at radius 2 is 1.15 bits per heavy atom. The SMILES string of the molecule is Clc1cnc2nc(Cl)c(Cl)nc2c1.NNc1nc2ncc(Cl)cc2nc1Cl. The summed E-state index contributed by atoms with van der Waals surface area (Å²) < 4.78 is 0. The van der Waals surface area contributed by atoms with Crippen molar-refractivity contribution in [2.45, 2.75) is 0 Å². The molecule has 0 saturated heterocycles. The fourth-order valence-electron chi connectivity index (χ4n) is 1.87. The van der Waals surface area contributed by atoms with Crippen molar-refractivity contribution >= 4 is 86.2 Å². The summed E-state index contributed by atoms with van der Waals surface area (Å²) in [6, 6.07) is 3.25. The maximum Gasteiger partial charge on any atom is 0.180 e. The van der Waals surface area contributed by atoms with Crippen LogP contribution in [0.4, 0.5) is 5.82 Å². The number of rotatable bonds is 1. The molecule has 0 aliphatic carbocycles. The standard InChI is InChI=1S/C7H2Cl3N3.C7H5Cl2N5/c8-3-1-4-7(11-2-3)13-6(10)5(9)12-4;8-3-1-4-6(11-2-3)13-7(14-10)5(9)12-4/h1-2H;1-2H,10H2,(H,11,13,14). The van der Waals surface area contributed by atoms with Gasteiger partial charge < -0.3 is 5.43 Å². The number of nitrogens with two attached hydrogens (primary N) is 1. The zero-order valence-corrected chi connectivity index (χ0v) is 16.7. The van der Waals surface area contributed by atoms with Gasteiger partial charge in [0.1, 0.15) is 11.0 Å². The second-order valence-corrected chi connectivity index (χ2v) is 6.75. The molecule has 8 nitrogen and oxygen atoms in total. The van der Waals surface area contributed by atoms with Gasteiger partial charge in [0.05, 0.1) is 10.0 Å². The average molecular weight is 465 g/mol. The fourth-order valence-corrected chi connectivity index (χ4v) is 2.62. The van der Waals surface area contributed by atoms with E-state index in [9.17, 15) is 0 Å². The predicted molar refractivity (Wildman–Crippen MR) is 108 cm³/mol. The second kappa shape index (κ2) is 8.47. The molecular formula is C14H7Cl5N8. The number of nitrogen functional groups attached to an aromatic ring is 1. The molecular weight excluding hydrogens is 457 g/mol. The number of nitrogens with zero attached hydrogens (tertiary/aromatic N) is 6. The normalized spacial score (nSPS) is 10.6. The van der Waals surface area contributed by atoms with Crippen LogP contribution in [0, 0.1) is 0 Å². The minimum atomic E-state index is 0.143. The van der Waals surface area contributed by atoms with E-state index in [1.165, 1.54) is 12.4 Å². The van der Waals surface area contributed by atoms with E-state index < -0.39 is 0 Å². The Hall–Kier alpha value is -1.81. The maximum atomic E-state index is 5.77. The molecule has 4 aromatic rings. The van der Waals surface area contributed by atoms with Gasteiger partial charge in [-0.3, -0.25) is 0 Å². The quantitative estimate of drug-likeness (QED) is 0.310. The molecule has 138 valence electrons. The van der Waals surface area contributed by atoms with Gasteiger partial charge in [-0.15, -0.1) is 0 Å². The zero-order valence-electron chi connectivity index (χ0n) is 13.0. The first-order valence-electron chi connectivity index (χ1n) is 6.97. The van der Waals surface area contributed by atoms with Gasteiger partial charge in [-0.2, -0.15) is 0 Å². The summed E-state index contributed by atoms with van der Waals surface area (Å²) in [7, 11) is 0. The number of aromatic nitrogens is 6. The van der Waals surface area contributed by atoms with Crippen molar-refractivity contribution in [1.29, 1.82) is 0 Å².